The van der Waals surface area contributed by atoms with Gasteiger partial charge in [0.05, 0.1) is 11.7 Å². The zero-order valence-corrected chi connectivity index (χ0v) is 9.29. The highest BCUT2D eigenvalue weighted by atomic mass is 35.5. The Labute approximate surface area is 96.2 Å². The van der Waals surface area contributed by atoms with Crippen LogP contribution in [0.15, 0.2) is 29.6 Å². The van der Waals surface area contributed by atoms with Gasteiger partial charge in [-0.05, 0) is 23.2 Å². The van der Waals surface area contributed by atoms with Gasteiger partial charge < -0.3 is 0 Å². The number of rotatable bonds is 3. The van der Waals surface area contributed by atoms with Crippen molar-refractivity contribution in [2.75, 3.05) is 0 Å². The molecule has 78 valence electrons. The molecule has 1 aromatic carbocycles. The Balaban J connectivity index is 2.40. The Kier molecular flexibility index (Phi) is 3.27. The molecule has 0 spiro atoms. The lowest BCUT2D eigenvalue weighted by atomic mass is 10.1. The van der Waals surface area contributed by atoms with Gasteiger partial charge in [0.15, 0.2) is 0 Å². The summed E-state index contributed by atoms with van der Waals surface area (Å²) < 4.78 is 3.80. The second kappa shape index (κ2) is 4.67. The van der Waals surface area contributed by atoms with Crippen LogP contribution in [0.5, 0.6) is 0 Å². The monoisotopic (exact) mass is 240 g/mol. The topological polar surface area (TPSA) is 63.8 Å². The first-order chi connectivity index (χ1) is 7.33. The summed E-state index contributed by atoms with van der Waals surface area (Å²) in [6.45, 7) is 0. The van der Waals surface area contributed by atoms with Gasteiger partial charge in [0.1, 0.15) is 0 Å². The third-order valence-electron chi connectivity index (χ3n) is 2.06. The summed E-state index contributed by atoms with van der Waals surface area (Å²) >= 11 is 7.36. The number of nitrogens with two attached hydrogens (primary N) is 1. The molecule has 2 aromatic rings. The normalized spacial score (nSPS) is 12.7. The summed E-state index contributed by atoms with van der Waals surface area (Å²) in [5, 5.41) is 6.47. The molecular formula is C9H9ClN4S. The molecule has 0 aliphatic rings. The zero-order chi connectivity index (χ0) is 10.7. The molecule has 4 nitrogen and oxygen atoms in total. The van der Waals surface area contributed by atoms with Crippen molar-refractivity contribution in [3.8, 4) is 0 Å². The minimum atomic E-state index is -0.211. The number of halogens is 1. The molecule has 0 fully saturated rings. The van der Waals surface area contributed by atoms with E-state index in [0.717, 1.165) is 11.3 Å². The summed E-state index contributed by atoms with van der Waals surface area (Å²) in [6.07, 6.45) is 0. The highest BCUT2D eigenvalue weighted by Crippen LogP contribution is 2.26. The van der Waals surface area contributed by atoms with Gasteiger partial charge in [0.2, 0.25) is 0 Å². The zero-order valence-electron chi connectivity index (χ0n) is 7.72. The maximum atomic E-state index is 6.07. The van der Waals surface area contributed by atoms with Gasteiger partial charge in [0.25, 0.3) is 0 Å². The van der Waals surface area contributed by atoms with Crippen molar-refractivity contribution in [3.05, 3.63) is 45.9 Å². The number of nitrogens with zero attached hydrogens (tertiary/aromatic N) is 2. The van der Waals surface area contributed by atoms with Crippen LogP contribution in [0.1, 0.15) is 17.3 Å². The van der Waals surface area contributed by atoms with E-state index in [-0.39, 0.29) is 6.04 Å². The second-order valence-corrected chi connectivity index (χ2v) is 3.97. The number of benzene rings is 1. The van der Waals surface area contributed by atoms with Crippen LogP contribution >= 0.6 is 23.1 Å². The lowest BCUT2D eigenvalue weighted by Gasteiger charge is -2.14. The first kappa shape index (κ1) is 10.5. The van der Waals surface area contributed by atoms with E-state index in [0.29, 0.717) is 5.02 Å². The fourth-order valence-electron chi connectivity index (χ4n) is 1.34. The SMILES string of the molecule is NNC(c1csnn1)c1ccccc1Cl. The Bertz CT molecular complexity index is 431. The Morgan fingerprint density at radius 3 is 2.80 bits per heavy atom. The fraction of sp³-hybridized carbons (Fsp3) is 0.111. The third kappa shape index (κ3) is 2.15. The van der Waals surface area contributed by atoms with Crippen molar-refractivity contribution >= 4 is 23.1 Å². The Morgan fingerprint density at radius 2 is 2.20 bits per heavy atom. The first-order valence-corrected chi connectivity index (χ1v) is 5.52. The summed E-state index contributed by atoms with van der Waals surface area (Å²) in [6, 6.07) is 7.30. The summed E-state index contributed by atoms with van der Waals surface area (Å²) in [7, 11) is 0. The number of hydrazine groups is 1. The molecule has 0 amide bonds. The molecule has 3 N–H and O–H groups in total. The summed E-state index contributed by atoms with van der Waals surface area (Å²) in [4.78, 5) is 0. The molecule has 0 saturated carbocycles. The second-order valence-electron chi connectivity index (χ2n) is 2.95. The van der Waals surface area contributed by atoms with Gasteiger partial charge in [-0.2, -0.15) is 0 Å². The molecule has 6 heteroatoms. The minimum Gasteiger partial charge on any atom is -0.271 e. The van der Waals surface area contributed by atoms with E-state index in [1.165, 1.54) is 11.5 Å². The fourth-order valence-corrected chi connectivity index (χ4v) is 2.07. The van der Waals surface area contributed by atoms with Crippen LogP contribution in [0.2, 0.25) is 5.02 Å². The smallest absolute Gasteiger partial charge is 0.0983 e. The van der Waals surface area contributed by atoms with Crippen molar-refractivity contribution in [2.24, 2.45) is 5.84 Å². The standard InChI is InChI=1S/C9H9ClN4S/c10-7-4-2-1-3-6(7)9(12-11)8-5-15-14-13-8/h1-5,9,12H,11H2. The molecular weight excluding hydrogens is 232 g/mol. The average molecular weight is 241 g/mol. The van der Waals surface area contributed by atoms with Crippen LogP contribution in [-0.4, -0.2) is 9.59 Å². The van der Waals surface area contributed by atoms with E-state index in [1.54, 1.807) is 0 Å². The van der Waals surface area contributed by atoms with Gasteiger partial charge in [-0.25, -0.2) is 5.43 Å². The number of aromatic nitrogens is 2. The average Bonchev–Trinajstić information content (AvgIpc) is 2.75. The van der Waals surface area contributed by atoms with Crippen LogP contribution < -0.4 is 11.3 Å². The number of hydrogen-bond donors (Lipinski definition) is 2. The van der Waals surface area contributed by atoms with E-state index < -0.39 is 0 Å². The Hall–Kier alpha value is -1.01. The molecule has 2 rings (SSSR count). The van der Waals surface area contributed by atoms with E-state index >= 15 is 0 Å². The van der Waals surface area contributed by atoms with Gasteiger partial charge in [0, 0.05) is 10.4 Å². The largest absolute Gasteiger partial charge is 0.271 e. The lowest BCUT2D eigenvalue weighted by molar-refractivity contribution is 0.619. The van der Waals surface area contributed by atoms with E-state index in [4.69, 9.17) is 17.4 Å². The summed E-state index contributed by atoms with van der Waals surface area (Å²) in [5.74, 6) is 5.49. The third-order valence-corrected chi connectivity index (χ3v) is 2.92. The molecule has 0 aliphatic heterocycles. The van der Waals surface area contributed by atoms with Crippen molar-refractivity contribution in [3.63, 3.8) is 0 Å². The molecule has 1 unspecified atom stereocenters. The summed E-state index contributed by atoms with van der Waals surface area (Å²) in [5.41, 5.74) is 4.35. The molecule has 0 aliphatic carbocycles. The molecule has 0 bridgehead atoms. The molecule has 15 heavy (non-hydrogen) atoms. The number of nitrogens with one attached hydrogen (secondary N) is 1. The van der Waals surface area contributed by atoms with Crippen molar-refractivity contribution in [1.82, 2.24) is 15.0 Å². The number of hydrogen-bond acceptors (Lipinski definition) is 5. The molecule has 1 atom stereocenters. The van der Waals surface area contributed by atoms with Gasteiger partial charge in [-0.1, -0.05) is 34.3 Å². The van der Waals surface area contributed by atoms with Crippen molar-refractivity contribution < 1.29 is 0 Å². The molecule has 0 saturated heterocycles. The van der Waals surface area contributed by atoms with Crippen molar-refractivity contribution in [1.29, 1.82) is 0 Å². The van der Waals surface area contributed by atoms with Crippen LogP contribution in [0.25, 0.3) is 0 Å². The highest BCUT2D eigenvalue weighted by molar-refractivity contribution is 7.03. The van der Waals surface area contributed by atoms with Crippen LogP contribution in [-0.2, 0) is 0 Å². The van der Waals surface area contributed by atoms with E-state index in [9.17, 15) is 0 Å². The van der Waals surface area contributed by atoms with Crippen LogP contribution in [0.3, 0.4) is 0 Å². The quantitative estimate of drug-likeness (QED) is 0.634. The van der Waals surface area contributed by atoms with Crippen molar-refractivity contribution in [2.45, 2.75) is 6.04 Å². The lowest BCUT2D eigenvalue weighted by Crippen LogP contribution is -2.29. The van der Waals surface area contributed by atoms with Gasteiger partial charge in [-0.3, -0.25) is 5.84 Å². The predicted octanol–water partition coefficient (Wildman–Crippen LogP) is 1.74. The maximum Gasteiger partial charge on any atom is 0.0983 e. The van der Waals surface area contributed by atoms with Crippen LogP contribution in [0, 0.1) is 0 Å². The highest BCUT2D eigenvalue weighted by Gasteiger charge is 2.17. The molecule has 0 radical (unpaired) electrons. The molecule has 1 heterocycles. The van der Waals surface area contributed by atoms with Crippen LogP contribution in [0.4, 0.5) is 0 Å². The first-order valence-electron chi connectivity index (χ1n) is 4.30. The Morgan fingerprint density at radius 1 is 1.40 bits per heavy atom. The minimum absolute atomic E-state index is 0.211. The predicted molar refractivity (Wildman–Crippen MR) is 60.5 cm³/mol. The molecule has 1 aromatic heterocycles. The maximum absolute atomic E-state index is 6.07. The van der Waals surface area contributed by atoms with Gasteiger partial charge >= 0.3 is 0 Å². The van der Waals surface area contributed by atoms with Gasteiger partial charge in [-0.15, -0.1) is 5.10 Å². The van der Waals surface area contributed by atoms with E-state index in [1.807, 2.05) is 29.6 Å². The van der Waals surface area contributed by atoms with E-state index in [2.05, 4.69) is 15.0 Å².